The van der Waals surface area contributed by atoms with Crippen molar-refractivity contribution in [2.45, 2.75) is 12.1 Å². The van der Waals surface area contributed by atoms with Crippen molar-refractivity contribution in [2.24, 2.45) is 0 Å². The molecule has 0 aromatic carbocycles. The van der Waals surface area contributed by atoms with E-state index in [0.717, 1.165) is 13.1 Å². The van der Waals surface area contributed by atoms with E-state index in [0.29, 0.717) is 12.1 Å². The Morgan fingerprint density at radius 1 is 0.900 bits per heavy atom. The SMILES string of the molecule is C1NC2CNC1CSSC2. The number of piperazine rings is 1. The molecule has 3 rings (SSSR count). The fraction of sp³-hybridized carbons (Fsp3) is 1.00. The summed E-state index contributed by atoms with van der Waals surface area (Å²) < 4.78 is 0. The summed E-state index contributed by atoms with van der Waals surface area (Å²) in [6, 6.07) is 1.43. The molecule has 0 aliphatic carbocycles. The molecule has 2 N–H and O–H groups in total. The molecule has 3 aliphatic rings. The first-order chi connectivity index (χ1) is 4.95. The van der Waals surface area contributed by atoms with Crippen molar-refractivity contribution in [3.8, 4) is 0 Å². The van der Waals surface area contributed by atoms with Crippen molar-refractivity contribution >= 4 is 21.6 Å². The second kappa shape index (κ2) is 3.34. The lowest BCUT2D eigenvalue weighted by Crippen LogP contribution is -2.56. The van der Waals surface area contributed by atoms with Crippen molar-refractivity contribution in [3.05, 3.63) is 0 Å². The summed E-state index contributed by atoms with van der Waals surface area (Å²) in [6.45, 7) is 2.33. The average molecular weight is 176 g/mol. The first kappa shape index (κ1) is 7.28. The lowest BCUT2D eigenvalue weighted by molar-refractivity contribution is 0.383. The van der Waals surface area contributed by atoms with Crippen LogP contribution in [0.1, 0.15) is 0 Å². The van der Waals surface area contributed by atoms with Gasteiger partial charge in [-0.1, -0.05) is 21.6 Å². The van der Waals surface area contributed by atoms with Gasteiger partial charge in [0.05, 0.1) is 0 Å². The highest BCUT2D eigenvalue weighted by Crippen LogP contribution is 2.25. The summed E-state index contributed by atoms with van der Waals surface area (Å²) >= 11 is 0. The predicted octanol–water partition coefficient (Wildman–Crippen LogP) is 0.311. The van der Waals surface area contributed by atoms with E-state index in [9.17, 15) is 0 Å². The maximum Gasteiger partial charge on any atom is 0.0292 e. The molecular weight excluding hydrogens is 164 g/mol. The Bertz CT molecular complexity index is 92.8. The van der Waals surface area contributed by atoms with Gasteiger partial charge >= 0.3 is 0 Å². The van der Waals surface area contributed by atoms with E-state index in [-0.39, 0.29) is 0 Å². The summed E-state index contributed by atoms with van der Waals surface area (Å²) in [7, 11) is 4.01. The van der Waals surface area contributed by atoms with Crippen LogP contribution in [0, 0.1) is 0 Å². The molecule has 2 nitrogen and oxygen atoms in total. The topological polar surface area (TPSA) is 24.1 Å². The molecule has 3 heterocycles. The maximum atomic E-state index is 3.52. The minimum atomic E-state index is 0.717. The lowest BCUT2D eigenvalue weighted by atomic mass is 10.2. The van der Waals surface area contributed by atoms with Crippen molar-refractivity contribution in [3.63, 3.8) is 0 Å². The molecule has 0 aromatic heterocycles. The molecular formula is C6H12N2S2. The van der Waals surface area contributed by atoms with E-state index >= 15 is 0 Å². The quantitative estimate of drug-likeness (QED) is 0.519. The molecule has 2 atom stereocenters. The predicted molar refractivity (Wildman–Crippen MR) is 48.5 cm³/mol. The van der Waals surface area contributed by atoms with Crippen LogP contribution in [0.15, 0.2) is 0 Å². The van der Waals surface area contributed by atoms with E-state index in [1.807, 2.05) is 21.6 Å². The number of hydrogen-bond acceptors (Lipinski definition) is 4. The van der Waals surface area contributed by atoms with Crippen molar-refractivity contribution < 1.29 is 0 Å². The van der Waals surface area contributed by atoms with Gasteiger partial charge in [-0.2, -0.15) is 0 Å². The standard InChI is InChI=1S/C6H12N2S2/c1-5-3-9-10-4-6(7-1)2-8-5/h5-8H,1-4H2. The van der Waals surface area contributed by atoms with Crippen LogP contribution in [0.2, 0.25) is 0 Å². The highest BCUT2D eigenvalue weighted by atomic mass is 33.1. The molecule has 0 radical (unpaired) electrons. The number of rotatable bonds is 0. The van der Waals surface area contributed by atoms with Crippen molar-refractivity contribution in [2.75, 3.05) is 24.6 Å². The number of nitrogens with one attached hydrogen (secondary N) is 2. The third-order valence-corrected chi connectivity index (χ3v) is 4.49. The molecule has 10 heavy (non-hydrogen) atoms. The summed E-state index contributed by atoms with van der Waals surface area (Å²) in [4.78, 5) is 0. The molecule has 3 fully saturated rings. The van der Waals surface area contributed by atoms with E-state index in [4.69, 9.17) is 0 Å². The maximum absolute atomic E-state index is 3.52. The van der Waals surface area contributed by atoms with Crippen molar-refractivity contribution in [1.29, 1.82) is 0 Å². The molecule has 3 aliphatic heterocycles. The Kier molecular flexibility index (Phi) is 2.43. The normalized spacial score (nSPS) is 40.8. The molecule has 2 bridgehead atoms. The molecule has 0 aromatic rings. The second-order valence-corrected chi connectivity index (χ2v) is 5.33. The van der Waals surface area contributed by atoms with Gasteiger partial charge in [-0.05, 0) is 0 Å². The molecule has 4 heteroatoms. The Hall–Kier alpha value is 0.620. The van der Waals surface area contributed by atoms with Gasteiger partial charge in [-0.3, -0.25) is 0 Å². The van der Waals surface area contributed by atoms with Crippen molar-refractivity contribution in [1.82, 2.24) is 10.6 Å². The van der Waals surface area contributed by atoms with Crippen LogP contribution in [0.3, 0.4) is 0 Å². The summed E-state index contributed by atoms with van der Waals surface area (Å²) in [5, 5.41) is 7.05. The lowest BCUT2D eigenvalue weighted by Gasteiger charge is -2.33. The first-order valence-electron chi connectivity index (χ1n) is 3.66. The largest absolute Gasteiger partial charge is 0.310 e. The Labute approximate surface area is 69.3 Å². The molecule has 58 valence electrons. The van der Waals surface area contributed by atoms with Gasteiger partial charge in [0, 0.05) is 36.7 Å². The third-order valence-electron chi connectivity index (χ3n) is 1.93. The molecule has 0 spiro atoms. The highest BCUT2D eigenvalue weighted by molar-refractivity contribution is 8.76. The summed E-state index contributed by atoms with van der Waals surface area (Å²) in [5.74, 6) is 2.51. The zero-order valence-corrected chi connectivity index (χ0v) is 7.43. The Balaban J connectivity index is 1.94. The van der Waals surface area contributed by atoms with Gasteiger partial charge in [-0.15, -0.1) is 0 Å². The van der Waals surface area contributed by atoms with E-state index in [1.165, 1.54) is 11.5 Å². The zero-order chi connectivity index (χ0) is 6.81. The molecule has 2 unspecified atom stereocenters. The molecule has 0 saturated carbocycles. The summed E-state index contributed by atoms with van der Waals surface area (Å²) in [5.41, 5.74) is 0. The Morgan fingerprint density at radius 2 is 1.40 bits per heavy atom. The first-order valence-corrected chi connectivity index (χ1v) is 6.15. The number of hydrogen-bond donors (Lipinski definition) is 2. The van der Waals surface area contributed by atoms with Gasteiger partial charge in [0.2, 0.25) is 0 Å². The van der Waals surface area contributed by atoms with E-state index < -0.39 is 0 Å². The van der Waals surface area contributed by atoms with Gasteiger partial charge in [-0.25, -0.2) is 0 Å². The minimum Gasteiger partial charge on any atom is -0.310 e. The van der Waals surface area contributed by atoms with Crippen LogP contribution in [-0.4, -0.2) is 36.7 Å². The van der Waals surface area contributed by atoms with Gasteiger partial charge < -0.3 is 10.6 Å². The third kappa shape index (κ3) is 1.61. The Morgan fingerprint density at radius 3 is 1.80 bits per heavy atom. The zero-order valence-electron chi connectivity index (χ0n) is 5.80. The van der Waals surface area contributed by atoms with Crippen LogP contribution < -0.4 is 10.6 Å². The molecule has 0 amide bonds. The van der Waals surface area contributed by atoms with Crippen LogP contribution in [0.25, 0.3) is 0 Å². The fourth-order valence-electron chi connectivity index (χ4n) is 1.26. The second-order valence-electron chi connectivity index (χ2n) is 2.78. The van der Waals surface area contributed by atoms with Gasteiger partial charge in [0.15, 0.2) is 0 Å². The minimum absolute atomic E-state index is 0.717. The van der Waals surface area contributed by atoms with E-state index in [2.05, 4.69) is 10.6 Å². The van der Waals surface area contributed by atoms with Crippen LogP contribution in [0.5, 0.6) is 0 Å². The fourth-order valence-corrected chi connectivity index (χ4v) is 3.81. The smallest absolute Gasteiger partial charge is 0.0292 e. The van der Waals surface area contributed by atoms with Gasteiger partial charge in [0.25, 0.3) is 0 Å². The van der Waals surface area contributed by atoms with Crippen LogP contribution >= 0.6 is 21.6 Å². The van der Waals surface area contributed by atoms with Crippen LogP contribution in [-0.2, 0) is 0 Å². The molecule has 3 saturated heterocycles. The van der Waals surface area contributed by atoms with Gasteiger partial charge in [0.1, 0.15) is 0 Å². The summed E-state index contributed by atoms with van der Waals surface area (Å²) in [6.07, 6.45) is 0. The number of fused-ring (bicyclic) bond motifs is 5. The average Bonchev–Trinajstić information content (AvgIpc) is 1.89. The monoisotopic (exact) mass is 176 g/mol. The highest BCUT2D eigenvalue weighted by Gasteiger charge is 2.22. The van der Waals surface area contributed by atoms with Crippen LogP contribution in [0.4, 0.5) is 0 Å². The van der Waals surface area contributed by atoms with E-state index in [1.54, 1.807) is 0 Å².